The van der Waals surface area contributed by atoms with E-state index in [1.165, 1.54) is 0 Å². The first-order valence-corrected chi connectivity index (χ1v) is 5.35. The first kappa shape index (κ1) is 11.1. The zero-order valence-electron chi connectivity index (χ0n) is 9.18. The van der Waals surface area contributed by atoms with E-state index in [0.717, 1.165) is 11.4 Å². The van der Waals surface area contributed by atoms with Gasteiger partial charge in [-0.25, -0.2) is 4.98 Å². The van der Waals surface area contributed by atoms with E-state index in [0.29, 0.717) is 5.02 Å². The first-order valence-electron chi connectivity index (χ1n) is 4.98. The molecular weight excluding hydrogens is 224 g/mol. The highest BCUT2D eigenvalue weighted by atomic mass is 35.5. The Morgan fingerprint density at radius 1 is 1.44 bits per heavy atom. The smallest absolute Gasteiger partial charge is 0.130 e. The second kappa shape index (κ2) is 4.63. The molecular formula is C11H13ClN4. The van der Waals surface area contributed by atoms with E-state index < -0.39 is 0 Å². The highest BCUT2D eigenvalue weighted by Crippen LogP contribution is 2.25. The molecule has 0 radical (unpaired) electrons. The molecule has 0 aliphatic rings. The molecule has 0 bridgehead atoms. The summed E-state index contributed by atoms with van der Waals surface area (Å²) in [6.07, 6.45) is 7.06. The van der Waals surface area contributed by atoms with E-state index in [1.807, 2.05) is 30.9 Å². The van der Waals surface area contributed by atoms with Crippen LogP contribution in [-0.4, -0.2) is 21.6 Å². The Morgan fingerprint density at radius 3 is 2.81 bits per heavy atom. The summed E-state index contributed by atoms with van der Waals surface area (Å²) in [4.78, 5) is 8.30. The van der Waals surface area contributed by atoms with Crippen molar-refractivity contribution in [2.45, 2.75) is 6.04 Å². The van der Waals surface area contributed by atoms with Crippen LogP contribution in [0.25, 0.3) is 0 Å². The minimum atomic E-state index is -0.0181. The molecule has 84 valence electrons. The van der Waals surface area contributed by atoms with E-state index in [-0.39, 0.29) is 6.04 Å². The fourth-order valence-corrected chi connectivity index (χ4v) is 1.93. The van der Waals surface area contributed by atoms with Crippen molar-refractivity contribution in [1.29, 1.82) is 0 Å². The van der Waals surface area contributed by atoms with Crippen LogP contribution in [0.4, 0.5) is 0 Å². The normalized spacial score (nSPS) is 12.7. The zero-order chi connectivity index (χ0) is 11.5. The maximum absolute atomic E-state index is 6.13. The Balaban J connectivity index is 2.45. The molecule has 4 nitrogen and oxygen atoms in total. The molecule has 0 amide bonds. The van der Waals surface area contributed by atoms with Gasteiger partial charge in [-0.3, -0.25) is 4.98 Å². The molecule has 16 heavy (non-hydrogen) atoms. The lowest BCUT2D eigenvalue weighted by Crippen LogP contribution is -2.21. The van der Waals surface area contributed by atoms with Crippen LogP contribution < -0.4 is 5.32 Å². The van der Waals surface area contributed by atoms with Crippen molar-refractivity contribution in [3.05, 3.63) is 47.3 Å². The summed E-state index contributed by atoms with van der Waals surface area (Å²) < 4.78 is 1.97. The van der Waals surface area contributed by atoms with Gasteiger partial charge in [-0.1, -0.05) is 11.6 Å². The number of hydrogen-bond acceptors (Lipinski definition) is 3. The second-order valence-electron chi connectivity index (χ2n) is 3.52. The number of hydrogen-bond donors (Lipinski definition) is 1. The molecule has 0 spiro atoms. The highest BCUT2D eigenvalue weighted by Gasteiger charge is 2.18. The van der Waals surface area contributed by atoms with Gasteiger partial charge < -0.3 is 9.88 Å². The number of aromatic nitrogens is 3. The molecule has 2 heterocycles. The Morgan fingerprint density at radius 2 is 2.25 bits per heavy atom. The Bertz CT molecular complexity index is 480. The number of pyridine rings is 1. The van der Waals surface area contributed by atoms with Gasteiger partial charge in [-0.05, 0) is 18.7 Å². The van der Waals surface area contributed by atoms with Gasteiger partial charge in [0.2, 0.25) is 0 Å². The molecule has 0 aliphatic heterocycles. The second-order valence-corrected chi connectivity index (χ2v) is 3.92. The Hall–Kier alpha value is -1.39. The van der Waals surface area contributed by atoms with Crippen LogP contribution in [0.2, 0.25) is 5.02 Å². The lowest BCUT2D eigenvalue weighted by molar-refractivity contribution is 0.617. The van der Waals surface area contributed by atoms with Gasteiger partial charge in [0.15, 0.2) is 0 Å². The number of imidazole rings is 1. The summed E-state index contributed by atoms with van der Waals surface area (Å²) in [5.74, 6) is 0.926. The fraction of sp³-hybridized carbons (Fsp3) is 0.273. The topological polar surface area (TPSA) is 42.7 Å². The van der Waals surface area contributed by atoms with Crippen molar-refractivity contribution >= 4 is 11.6 Å². The molecule has 2 aromatic rings. The lowest BCUT2D eigenvalue weighted by atomic mass is 10.1. The fourth-order valence-electron chi connectivity index (χ4n) is 1.70. The summed E-state index contributed by atoms with van der Waals surface area (Å²) in [5, 5.41) is 3.85. The van der Waals surface area contributed by atoms with Crippen LogP contribution in [0.1, 0.15) is 17.4 Å². The first-order chi connectivity index (χ1) is 7.74. The molecule has 5 heteroatoms. The Labute approximate surface area is 99.3 Å². The quantitative estimate of drug-likeness (QED) is 0.884. The third-order valence-electron chi connectivity index (χ3n) is 2.52. The van der Waals surface area contributed by atoms with Crippen LogP contribution in [-0.2, 0) is 7.05 Å². The Kier molecular flexibility index (Phi) is 3.22. The van der Waals surface area contributed by atoms with Crippen molar-refractivity contribution in [2.24, 2.45) is 7.05 Å². The highest BCUT2D eigenvalue weighted by molar-refractivity contribution is 6.31. The number of rotatable bonds is 3. The molecule has 1 atom stereocenters. The van der Waals surface area contributed by atoms with Gasteiger partial charge in [-0.2, -0.15) is 0 Å². The van der Waals surface area contributed by atoms with Gasteiger partial charge in [0, 0.05) is 31.8 Å². The van der Waals surface area contributed by atoms with E-state index in [9.17, 15) is 0 Å². The molecule has 0 aromatic carbocycles. The molecule has 0 aliphatic carbocycles. The van der Waals surface area contributed by atoms with Crippen LogP contribution in [0.3, 0.4) is 0 Å². The molecule has 0 fully saturated rings. The summed E-state index contributed by atoms with van der Waals surface area (Å²) in [6.45, 7) is 0. The van der Waals surface area contributed by atoms with E-state index >= 15 is 0 Å². The molecule has 0 saturated heterocycles. The predicted octanol–water partition coefficient (Wildman–Crippen LogP) is 1.78. The molecule has 0 saturated carbocycles. The molecule has 2 aromatic heterocycles. The number of halogens is 1. The maximum Gasteiger partial charge on any atom is 0.130 e. The van der Waals surface area contributed by atoms with Gasteiger partial charge in [0.05, 0.1) is 11.1 Å². The van der Waals surface area contributed by atoms with Crippen molar-refractivity contribution < 1.29 is 0 Å². The van der Waals surface area contributed by atoms with Crippen LogP contribution in [0.5, 0.6) is 0 Å². The average molecular weight is 237 g/mol. The van der Waals surface area contributed by atoms with Crippen LogP contribution in [0.15, 0.2) is 30.9 Å². The van der Waals surface area contributed by atoms with Gasteiger partial charge in [0.25, 0.3) is 0 Å². The van der Waals surface area contributed by atoms with Crippen molar-refractivity contribution in [3.8, 4) is 0 Å². The third-order valence-corrected chi connectivity index (χ3v) is 2.84. The average Bonchev–Trinajstić information content (AvgIpc) is 2.69. The molecule has 1 unspecified atom stereocenters. The predicted molar refractivity (Wildman–Crippen MR) is 63.4 cm³/mol. The summed E-state index contributed by atoms with van der Waals surface area (Å²) >= 11 is 6.13. The molecule has 1 N–H and O–H groups in total. The monoisotopic (exact) mass is 236 g/mol. The lowest BCUT2D eigenvalue weighted by Gasteiger charge is -2.17. The summed E-state index contributed by atoms with van der Waals surface area (Å²) in [7, 11) is 3.85. The third kappa shape index (κ3) is 1.94. The SMILES string of the molecule is CNC(c1ccncc1Cl)c1nccn1C. The van der Waals surface area contributed by atoms with Crippen LogP contribution >= 0.6 is 11.6 Å². The largest absolute Gasteiger partial charge is 0.336 e. The van der Waals surface area contributed by atoms with Crippen LogP contribution in [0, 0.1) is 0 Å². The van der Waals surface area contributed by atoms with Gasteiger partial charge in [-0.15, -0.1) is 0 Å². The number of nitrogens with zero attached hydrogens (tertiary/aromatic N) is 3. The van der Waals surface area contributed by atoms with Crippen molar-refractivity contribution in [2.75, 3.05) is 7.05 Å². The van der Waals surface area contributed by atoms with Crippen molar-refractivity contribution in [1.82, 2.24) is 19.9 Å². The van der Waals surface area contributed by atoms with E-state index in [2.05, 4.69) is 15.3 Å². The summed E-state index contributed by atoms with van der Waals surface area (Å²) in [5.41, 5.74) is 0.980. The standard InChI is InChI=1S/C11H13ClN4/c1-13-10(11-15-5-6-16(11)2)8-3-4-14-7-9(8)12/h3-7,10,13H,1-2H3. The minimum absolute atomic E-state index is 0.0181. The van der Waals surface area contributed by atoms with Gasteiger partial charge in [0.1, 0.15) is 5.82 Å². The van der Waals surface area contributed by atoms with Crippen molar-refractivity contribution in [3.63, 3.8) is 0 Å². The van der Waals surface area contributed by atoms with E-state index in [4.69, 9.17) is 11.6 Å². The van der Waals surface area contributed by atoms with Gasteiger partial charge >= 0.3 is 0 Å². The zero-order valence-corrected chi connectivity index (χ0v) is 9.94. The number of nitrogens with one attached hydrogen (secondary N) is 1. The number of aryl methyl sites for hydroxylation is 1. The molecule has 2 rings (SSSR count). The minimum Gasteiger partial charge on any atom is -0.336 e. The maximum atomic E-state index is 6.13. The van der Waals surface area contributed by atoms with E-state index in [1.54, 1.807) is 18.6 Å². The summed E-state index contributed by atoms with van der Waals surface area (Å²) in [6, 6.07) is 1.88.